The van der Waals surface area contributed by atoms with Crippen molar-refractivity contribution in [3.8, 4) is 0 Å². The summed E-state index contributed by atoms with van der Waals surface area (Å²) in [5.41, 5.74) is 0.833. The van der Waals surface area contributed by atoms with Crippen LogP contribution >= 0.6 is 0 Å². The van der Waals surface area contributed by atoms with Crippen molar-refractivity contribution in [2.24, 2.45) is 4.99 Å². The van der Waals surface area contributed by atoms with Gasteiger partial charge in [-0.2, -0.15) is 0 Å². The average molecular weight is 294 g/mol. The Morgan fingerprint density at radius 2 is 2.00 bits per heavy atom. The summed E-state index contributed by atoms with van der Waals surface area (Å²) >= 11 is 0. The van der Waals surface area contributed by atoms with Gasteiger partial charge in [0, 0.05) is 5.56 Å². The quantitative estimate of drug-likeness (QED) is 0.916. The van der Waals surface area contributed by atoms with Gasteiger partial charge in [0.15, 0.2) is 6.04 Å². The maximum atomic E-state index is 12.0. The minimum Gasteiger partial charge on any atom is -0.475 e. The van der Waals surface area contributed by atoms with E-state index in [1.54, 1.807) is 20.8 Å². The lowest BCUT2D eigenvalue weighted by molar-refractivity contribution is -0.120. The van der Waals surface area contributed by atoms with E-state index in [1.165, 1.54) is 0 Å². The van der Waals surface area contributed by atoms with E-state index in [-0.39, 0.29) is 12.5 Å². The number of benzene rings is 1. The number of carbonyl (C=O) groups is 1. The van der Waals surface area contributed by atoms with E-state index < -0.39 is 21.8 Å². The summed E-state index contributed by atoms with van der Waals surface area (Å²) < 4.78 is 19.3. The van der Waals surface area contributed by atoms with Crippen molar-refractivity contribution in [1.29, 1.82) is 0 Å². The highest BCUT2D eigenvalue weighted by Gasteiger charge is 2.30. The molecule has 6 heteroatoms. The molecule has 108 valence electrons. The molecular formula is C14H18N2O3S. The number of hydrogen-bond donors (Lipinski definition) is 1. The van der Waals surface area contributed by atoms with E-state index in [0.717, 1.165) is 5.56 Å². The third-order valence-corrected chi connectivity index (χ3v) is 4.22. The van der Waals surface area contributed by atoms with Gasteiger partial charge >= 0.3 is 0 Å². The molecule has 0 fully saturated rings. The molecule has 0 aliphatic carbocycles. The Bertz CT molecular complexity index is 549. The van der Waals surface area contributed by atoms with Gasteiger partial charge in [0.2, 0.25) is 5.90 Å². The van der Waals surface area contributed by atoms with Gasteiger partial charge in [-0.15, -0.1) is 0 Å². The third kappa shape index (κ3) is 3.45. The zero-order valence-electron chi connectivity index (χ0n) is 11.8. The van der Waals surface area contributed by atoms with Crippen LogP contribution in [0.3, 0.4) is 0 Å². The molecule has 1 aromatic carbocycles. The summed E-state index contributed by atoms with van der Waals surface area (Å²) in [6.45, 7) is 5.57. The number of hydrogen-bond acceptors (Lipinski definition) is 4. The largest absolute Gasteiger partial charge is 0.475 e. The number of aliphatic imine (C=N–C) groups is 1. The summed E-state index contributed by atoms with van der Waals surface area (Å²) in [6, 6.07) is 8.75. The van der Waals surface area contributed by atoms with Crippen LogP contribution in [0.2, 0.25) is 0 Å². The first-order valence-corrected chi connectivity index (χ1v) is 7.51. The number of amides is 1. The SMILES string of the molecule is CC(C)(C)[S@@](=O)NC(=O)[C@H]1COC(c2ccccc2)=N1. The molecule has 0 unspecified atom stereocenters. The van der Waals surface area contributed by atoms with E-state index >= 15 is 0 Å². The van der Waals surface area contributed by atoms with Crippen LogP contribution in [0.1, 0.15) is 26.3 Å². The van der Waals surface area contributed by atoms with E-state index in [4.69, 9.17) is 4.74 Å². The summed E-state index contributed by atoms with van der Waals surface area (Å²) in [6.07, 6.45) is 0. The third-order valence-electron chi connectivity index (χ3n) is 2.72. The Balaban J connectivity index is 2.04. The van der Waals surface area contributed by atoms with E-state index in [1.807, 2.05) is 30.3 Å². The molecule has 1 aliphatic heterocycles. The fourth-order valence-corrected chi connectivity index (χ4v) is 2.18. The van der Waals surface area contributed by atoms with Crippen molar-refractivity contribution in [3.63, 3.8) is 0 Å². The van der Waals surface area contributed by atoms with Crippen LogP contribution in [-0.2, 0) is 20.5 Å². The van der Waals surface area contributed by atoms with Crippen molar-refractivity contribution in [2.75, 3.05) is 6.61 Å². The topological polar surface area (TPSA) is 67.8 Å². The molecule has 20 heavy (non-hydrogen) atoms. The minimum absolute atomic E-state index is 0.178. The molecule has 2 rings (SSSR count). The maximum Gasteiger partial charge on any atom is 0.260 e. The molecule has 2 atom stereocenters. The van der Waals surface area contributed by atoms with Crippen molar-refractivity contribution in [2.45, 2.75) is 31.6 Å². The Labute approximate surface area is 121 Å². The molecule has 1 aromatic rings. The van der Waals surface area contributed by atoms with E-state index in [9.17, 15) is 9.00 Å². The highest BCUT2D eigenvalue weighted by atomic mass is 32.2. The summed E-state index contributed by atoms with van der Waals surface area (Å²) in [7, 11) is -1.44. The minimum atomic E-state index is -1.44. The van der Waals surface area contributed by atoms with Gasteiger partial charge in [-0.25, -0.2) is 9.20 Å². The van der Waals surface area contributed by atoms with Crippen molar-refractivity contribution in [1.82, 2.24) is 4.72 Å². The normalized spacial score (nSPS) is 19.9. The van der Waals surface area contributed by atoms with Crippen LogP contribution in [0.15, 0.2) is 35.3 Å². The zero-order chi connectivity index (χ0) is 14.8. The number of rotatable bonds is 3. The second-order valence-corrected chi connectivity index (χ2v) is 7.44. The lowest BCUT2D eigenvalue weighted by Crippen LogP contribution is -2.42. The van der Waals surface area contributed by atoms with Gasteiger partial charge in [0.05, 0.1) is 4.75 Å². The molecular weight excluding hydrogens is 276 g/mol. The van der Waals surface area contributed by atoms with Gasteiger partial charge in [-0.3, -0.25) is 9.52 Å². The monoisotopic (exact) mass is 294 g/mol. The lowest BCUT2D eigenvalue weighted by atomic mass is 10.2. The summed E-state index contributed by atoms with van der Waals surface area (Å²) in [4.78, 5) is 16.2. The highest BCUT2D eigenvalue weighted by molar-refractivity contribution is 7.85. The molecule has 0 saturated carbocycles. The molecule has 0 radical (unpaired) electrons. The second-order valence-electron chi connectivity index (χ2n) is 5.47. The highest BCUT2D eigenvalue weighted by Crippen LogP contribution is 2.14. The van der Waals surface area contributed by atoms with Crippen LogP contribution in [0.25, 0.3) is 0 Å². The first-order chi connectivity index (χ1) is 9.38. The number of carbonyl (C=O) groups excluding carboxylic acids is 1. The van der Waals surface area contributed by atoms with Gasteiger partial charge in [-0.05, 0) is 32.9 Å². The van der Waals surface area contributed by atoms with Crippen molar-refractivity contribution >= 4 is 22.8 Å². The van der Waals surface area contributed by atoms with Gasteiger partial charge < -0.3 is 4.74 Å². The fraction of sp³-hybridized carbons (Fsp3) is 0.429. The Morgan fingerprint density at radius 1 is 1.35 bits per heavy atom. The number of nitrogens with one attached hydrogen (secondary N) is 1. The maximum absolute atomic E-state index is 12.0. The first-order valence-electron chi connectivity index (χ1n) is 6.36. The van der Waals surface area contributed by atoms with Crippen LogP contribution < -0.4 is 4.72 Å². The summed E-state index contributed by atoms with van der Waals surface area (Å²) in [5, 5.41) is 0. The summed E-state index contributed by atoms with van der Waals surface area (Å²) in [5.74, 6) is 0.0801. The second kappa shape index (κ2) is 5.75. The Hall–Kier alpha value is -1.69. The molecule has 5 nitrogen and oxygen atoms in total. The Kier molecular flexibility index (Phi) is 4.23. The van der Waals surface area contributed by atoms with Gasteiger partial charge in [0.1, 0.15) is 17.6 Å². The zero-order valence-corrected chi connectivity index (χ0v) is 12.6. The van der Waals surface area contributed by atoms with Crippen molar-refractivity contribution < 1.29 is 13.7 Å². The van der Waals surface area contributed by atoms with E-state index in [0.29, 0.717) is 5.90 Å². The average Bonchev–Trinajstić information content (AvgIpc) is 2.88. The number of ether oxygens (including phenoxy) is 1. The molecule has 1 aliphatic rings. The predicted octanol–water partition coefficient (Wildman–Crippen LogP) is 1.41. The molecule has 0 bridgehead atoms. The van der Waals surface area contributed by atoms with Crippen LogP contribution in [0, 0.1) is 0 Å². The van der Waals surface area contributed by atoms with Crippen molar-refractivity contribution in [3.05, 3.63) is 35.9 Å². The molecule has 1 heterocycles. The molecule has 0 aromatic heterocycles. The Morgan fingerprint density at radius 3 is 2.60 bits per heavy atom. The smallest absolute Gasteiger partial charge is 0.260 e. The molecule has 1 amide bonds. The van der Waals surface area contributed by atoms with Crippen LogP contribution in [-0.4, -0.2) is 33.4 Å². The van der Waals surface area contributed by atoms with Gasteiger partial charge in [-0.1, -0.05) is 18.2 Å². The fourth-order valence-electron chi connectivity index (χ4n) is 1.56. The molecule has 0 saturated heterocycles. The predicted molar refractivity (Wildman–Crippen MR) is 78.8 cm³/mol. The standard InChI is InChI=1S/C14H18N2O3S/c1-14(2,3)20(18)16-12(17)11-9-19-13(15-11)10-7-5-4-6-8-10/h4-8,11H,9H2,1-3H3,(H,16,17)/t11-,20-/m1/s1. The molecule has 0 spiro atoms. The number of nitrogens with zero attached hydrogens (tertiary/aromatic N) is 1. The van der Waals surface area contributed by atoms with Gasteiger partial charge in [0.25, 0.3) is 5.91 Å². The van der Waals surface area contributed by atoms with Crippen LogP contribution in [0.4, 0.5) is 0 Å². The lowest BCUT2D eigenvalue weighted by Gasteiger charge is -2.18. The molecule has 1 N–H and O–H groups in total. The first kappa shape index (κ1) is 14.7. The van der Waals surface area contributed by atoms with Crippen LogP contribution in [0.5, 0.6) is 0 Å². The van der Waals surface area contributed by atoms with E-state index in [2.05, 4.69) is 9.71 Å².